The number of nitrogens with two attached hydrogens (primary N) is 1. The van der Waals surface area contributed by atoms with Crippen molar-refractivity contribution < 1.29 is 9.59 Å². The quantitative estimate of drug-likeness (QED) is 0.849. The standard InChI is InChI=1S/C16H23N5O2/c1-11-14(19-5-4-18-11)10-20-6-2-13(3-7-20)21-9-12(16(17)23)8-15(21)22/h4-5,12-13H,2-3,6-10H2,1H3,(H2,17,23). The van der Waals surface area contributed by atoms with E-state index in [2.05, 4.69) is 14.9 Å². The highest BCUT2D eigenvalue weighted by Gasteiger charge is 2.38. The number of hydrogen-bond donors (Lipinski definition) is 1. The first-order valence-corrected chi connectivity index (χ1v) is 8.12. The van der Waals surface area contributed by atoms with Gasteiger partial charge in [0, 0.05) is 51.0 Å². The topological polar surface area (TPSA) is 92.4 Å². The van der Waals surface area contributed by atoms with Crippen molar-refractivity contribution in [3.05, 3.63) is 23.8 Å². The Bertz CT molecular complexity index is 598. The van der Waals surface area contributed by atoms with Gasteiger partial charge < -0.3 is 10.6 Å². The molecular formula is C16H23N5O2. The van der Waals surface area contributed by atoms with Crippen LogP contribution in [0.4, 0.5) is 0 Å². The number of carbonyl (C=O) groups excluding carboxylic acids is 2. The minimum Gasteiger partial charge on any atom is -0.369 e. The first kappa shape index (κ1) is 15.9. The van der Waals surface area contributed by atoms with Gasteiger partial charge in [-0.15, -0.1) is 0 Å². The van der Waals surface area contributed by atoms with Crippen LogP contribution in [0.25, 0.3) is 0 Å². The van der Waals surface area contributed by atoms with Gasteiger partial charge in [0.05, 0.1) is 17.3 Å². The van der Waals surface area contributed by atoms with E-state index in [0.29, 0.717) is 6.54 Å². The second-order valence-corrected chi connectivity index (χ2v) is 6.45. The van der Waals surface area contributed by atoms with Gasteiger partial charge in [-0.05, 0) is 19.8 Å². The molecule has 0 spiro atoms. The lowest BCUT2D eigenvalue weighted by Gasteiger charge is -2.36. The monoisotopic (exact) mass is 317 g/mol. The highest BCUT2D eigenvalue weighted by Crippen LogP contribution is 2.25. The molecule has 124 valence electrons. The minimum absolute atomic E-state index is 0.0667. The van der Waals surface area contributed by atoms with Crippen molar-refractivity contribution in [2.75, 3.05) is 19.6 Å². The van der Waals surface area contributed by atoms with E-state index in [1.54, 1.807) is 12.4 Å². The molecule has 3 rings (SSSR count). The zero-order chi connectivity index (χ0) is 16.4. The maximum Gasteiger partial charge on any atom is 0.223 e. The van der Waals surface area contributed by atoms with E-state index in [-0.39, 0.29) is 30.2 Å². The molecule has 0 radical (unpaired) electrons. The average molecular weight is 317 g/mol. The molecule has 2 fully saturated rings. The summed E-state index contributed by atoms with van der Waals surface area (Å²) in [7, 11) is 0. The molecular weight excluding hydrogens is 294 g/mol. The summed E-state index contributed by atoms with van der Waals surface area (Å²) in [4.78, 5) is 36.2. The Morgan fingerprint density at radius 3 is 2.61 bits per heavy atom. The normalized spacial score (nSPS) is 23.4. The van der Waals surface area contributed by atoms with Crippen LogP contribution in [0.3, 0.4) is 0 Å². The Morgan fingerprint density at radius 1 is 1.30 bits per heavy atom. The molecule has 0 saturated carbocycles. The number of amides is 2. The van der Waals surface area contributed by atoms with E-state index in [9.17, 15) is 9.59 Å². The lowest BCUT2D eigenvalue weighted by molar-refractivity contribution is -0.130. The zero-order valence-corrected chi connectivity index (χ0v) is 13.4. The van der Waals surface area contributed by atoms with E-state index < -0.39 is 0 Å². The maximum absolute atomic E-state index is 12.1. The predicted octanol–water partition coefficient (Wildman–Crippen LogP) is 0.0832. The van der Waals surface area contributed by atoms with Crippen molar-refractivity contribution in [2.45, 2.75) is 38.8 Å². The predicted molar refractivity (Wildman–Crippen MR) is 84.1 cm³/mol. The molecule has 1 atom stereocenters. The zero-order valence-electron chi connectivity index (χ0n) is 13.4. The van der Waals surface area contributed by atoms with Crippen LogP contribution < -0.4 is 5.73 Å². The fourth-order valence-electron chi connectivity index (χ4n) is 3.47. The molecule has 0 aliphatic carbocycles. The lowest BCUT2D eigenvalue weighted by atomic mass is 10.0. The Kier molecular flexibility index (Phi) is 4.56. The molecule has 2 N–H and O–H groups in total. The maximum atomic E-state index is 12.1. The van der Waals surface area contributed by atoms with Gasteiger partial charge in [0.2, 0.25) is 11.8 Å². The molecule has 23 heavy (non-hydrogen) atoms. The molecule has 7 nitrogen and oxygen atoms in total. The minimum atomic E-state index is -0.364. The fourth-order valence-corrected chi connectivity index (χ4v) is 3.47. The number of primary amides is 1. The molecule has 0 aromatic carbocycles. The van der Waals surface area contributed by atoms with E-state index in [4.69, 9.17) is 5.73 Å². The molecule has 2 amide bonds. The van der Waals surface area contributed by atoms with Crippen LogP contribution in [0.15, 0.2) is 12.4 Å². The average Bonchev–Trinajstić information content (AvgIpc) is 2.93. The Labute approximate surface area is 135 Å². The van der Waals surface area contributed by atoms with Crippen molar-refractivity contribution in [1.82, 2.24) is 19.8 Å². The molecule has 1 aromatic rings. The summed E-state index contributed by atoms with van der Waals surface area (Å²) in [5.41, 5.74) is 7.31. The van der Waals surface area contributed by atoms with Gasteiger partial charge >= 0.3 is 0 Å². The number of rotatable bonds is 4. The number of aromatic nitrogens is 2. The Hall–Kier alpha value is -2.02. The van der Waals surface area contributed by atoms with Crippen LogP contribution in [-0.2, 0) is 16.1 Å². The van der Waals surface area contributed by atoms with E-state index in [0.717, 1.165) is 43.9 Å². The van der Waals surface area contributed by atoms with Crippen molar-refractivity contribution in [1.29, 1.82) is 0 Å². The van der Waals surface area contributed by atoms with Gasteiger partial charge in [-0.1, -0.05) is 0 Å². The summed E-state index contributed by atoms with van der Waals surface area (Å²) in [6.45, 7) is 5.10. The highest BCUT2D eigenvalue weighted by molar-refractivity contribution is 5.88. The summed E-state index contributed by atoms with van der Waals surface area (Å²) in [6, 6.07) is 0.228. The third-order valence-electron chi connectivity index (χ3n) is 4.91. The van der Waals surface area contributed by atoms with Crippen molar-refractivity contribution in [2.24, 2.45) is 11.7 Å². The SMILES string of the molecule is Cc1nccnc1CN1CCC(N2CC(C(N)=O)CC2=O)CC1. The highest BCUT2D eigenvalue weighted by atomic mass is 16.2. The van der Waals surface area contributed by atoms with Crippen LogP contribution in [0.1, 0.15) is 30.7 Å². The second kappa shape index (κ2) is 6.62. The largest absolute Gasteiger partial charge is 0.369 e. The first-order valence-electron chi connectivity index (χ1n) is 8.12. The summed E-state index contributed by atoms with van der Waals surface area (Å²) in [5.74, 6) is -0.615. The number of aryl methyl sites for hydroxylation is 1. The van der Waals surface area contributed by atoms with Crippen molar-refractivity contribution >= 4 is 11.8 Å². The van der Waals surface area contributed by atoms with Crippen LogP contribution in [0.5, 0.6) is 0 Å². The van der Waals surface area contributed by atoms with Crippen LogP contribution in [0, 0.1) is 12.8 Å². The molecule has 3 heterocycles. The Balaban J connectivity index is 1.54. The molecule has 2 saturated heterocycles. The van der Waals surface area contributed by atoms with Crippen LogP contribution >= 0.6 is 0 Å². The smallest absolute Gasteiger partial charge is 0.223 e. The Morgan fingerprint density at radius 2 is 2.00 bits per heavy atom. The molecule has 1 unspecified atom stereocenters. The molecule has 7 heteroatoms. The summed E-state index contributed by atoms with van der Waals surface area (Å²) < 4.78 is 0. The molecule has 2 aliphatic heterocycles. The summed E-state index contributed by atoms with van der Waals surface area (Å²) >= 11 is 0. The third-order valence-corrected chi connectivity index (χ3v) is 4.91. The van der Waals surface area contributed by atoms with Gasteiger partial charge in [-0.2, -0.15) is 0 Å². The van der Waals surface area contributed by atoms with Gasteiger partial charge in [-0.25, -0.2) is 0 Å². The summed E-state index contributed by atoms with van der Waals surface area (Å²) in [6.07, 6.45) is 5.56. The number of nitrogens with zero attached hydrogens (tertiary/aromatic N) is 4. The van der Waals surface area contributed by atoms with Gasteiger partial charge in [0.15, 0.2) is 0 Å². The first-order chi connectivity index (χ1) is 11.0. The van der Waals surface area contributed by atoms with Gasteiger partial charge in [0.25, 0.3) is 0 Å². The molecule has 1 aromatic heterocycles. The summed E-state index contributed by atoms with van der Waals surface area (Å²) in [5, 5.41) is 0. The third kappa shape index (κ3) is 3.50. The number of hydrogen-bond acceptors (Lipinski definition) is 5. The molecule has 0 bridgehead atoms. The van der Waals surface area contributed by atoms with E-state index >= 15 is 0 Å². The number of carbonyl (C=O) groups is 2. The number of piperidine rings is 1. The van der Waals surface area contributed by atoms with Crippen molar-refractivity contribution in [3.63, 3.8) is 0 Å². The number of likely N-dealkylation sites (tertiary alicyclic amines) is 2. The molecule has 2 aliphatic rings. The van der Waals surface area contributed by atoms with E-state index in [1.807, 2.05) is 11.8 Å². The van der Waals surface area contributed by atoms with E-state index in [1.165, 1.54) is 0 Å². The van der Waals surface area contributed by atoms with Crippen molar-refractivity contribution in [3.8, 4) is 0 Å². The van der Waals surface area contributed by atoms with Crippen LogP contribution in [-0.4, -0.2) is 57.3 Å². The lowest BCUT2D eigenvalue weighted by Crippen LogP contribution is -2.45. The van der Waals surface area contributed by atoms with Crippen LogP contribution in [0.2, 0.25) is 0 Å². The fraction of sp³-hybridized carbons (Fsp3) is 0.625. The van der Waals surface area contributed by atoms with Gasteiger partial charge in [0.1, 0.15) is 0 Å². The van der Waals surface area contributed by atoms with Gasteiger partial charge in [-0.3, -0.25) is 24.5 Å². The second-order valence-electron chi connectivity index (χ2n) is 6.45.